The molecule has 0 spiro atoms. The lowest BCUT2D eigenvalue weighted by Gasteiger charge is -2.43. The zero-order valence-electron chi connectivity index (χ0n) is 16.4. The summed E-state index contributed by atoms with van der Waals surface area (Å²) < 4.78 is 11.9. The molecule has 6 nitrogen and oxygen atoms in total. The Morgan fingerprint density at radius 1 is 1.32 bits per heavy atom. The van der Waals surface area contributed by atoms with Crippen molar-refractivity contribution in [2.75, 3.05) is 26.3 Å². The molecule has 1 aromatic rings. The van der Waals surface area contributed by atoms with Gasteiger partial charge in [0, 0.05) is 17.5 Å². The van der Waals surface area contributed by atoms with E-state index in [1.165, 1.54) is 6.42 Å². The summed E-state index contributed by atoms with van der Waals surface area (Å²) in [5, 5.41) is 0.664. The molecule has 1 atom stereocenters. The summed E-state index contributed by atoms with van der Waals surface area (Å²) in [6.07, 6.45) is 5.30. The fourth-order valence-corrected chi connectivity index (χ4v) is 4.24. The van der Waals surface area contributed by atoms with Crippen molar-refractivity contribution in [3.63, 3.8) is 0 Å². The van der Waals surface area contributed by atoms with Crippen LogP contribution in [0.1, 0.15) is 44.1 Å². The van der Waals surface area contributed by atoms with Gasteiger partial charge in [-0.3, -0.25) is 9.59 Å². The van der Waals surface area contributed by atoms with E-state index in [1.54, 1.807) is 12.1 Å². The van der Waals surface area contributed by atoms with Crippen LogP contribution in [0.2, 0.25) is 5.02 Å². The number of nitrogens with two attached hydrogens (primary N) is 1. The maximum atomic E-state index is 13.0. The number of carbonyl (C=O) groups is 2. The molecule has 1 aliphatic heterocycles. The summed E-state index contributed by atoms with van der Waals surface area (Å²) in [5.74, 6) is 0.421. The standard InChI is InChI=1S/C21H29ClN2O4/c1-15-11-17(7-8-18(15)22)27-14-21(12-19(23)25)13-24(9-10-28-21)20(26)16-5-3-2-4-6-16/h7-8,11,16H,2-6,9-10,12-14H2,1H3,(H2,23,25)/t21-/m1/s1. The summed E-state index contributed by atoms with van der Waals surface area (Å²) in [4.78, 5) is 26.5. The normalized spacial score (nSPS) is 23.4. The highest BCUT2D eigenvalue weighted by molar-refractivity contribution is 6.31. The van der Waals surface area contributed by atoms with Gasteiger partial charge in [-0.1, -0.05) is 30.9 Å². The summed E-state index contributed by atoms with van der Waals surface area (Å²) in [7, 11) is 0. The number of hydrogen-bond donors (Lipinski definition) is 1. The van der Waals surface area contributed by atoms with Gasteiger partial charge in [0.2, 0.25) is 11.8 Å². The van der Waals surface area contributed by atoms with Crippen LogP contribution in [-0.2, 0) is 14.3 Å². The monoisotopic (exact) mass is 408 g/mol. The molecular weight excluding hydrogens is 380 g/mol. The van der Waals surface area contributed by atoms with Crippen molar-refractivity contribution in [2.24, 2.45) is 11.7 Å². The molecule has 28 heavy (non-hydrogen) atoms. The molecule has 0 bridgehead atoms. The van der Waals surface area contributed by atoms with Crippen LogP contribution in [0.25, 0.3) is 0 Å². The molecule has 2 amide bonds. The third-order valence-corrected chi connectivity index (χ3v) is 6.07. The van der Waals surface area contributed by atoms with Crippen molar-refractivity contribution >= 4 is 23.4 Å². The highest BCUT2D eigenvalue weighted by Crippen LogP contribution is 2.30. The number of rotatable bonds is 6. The fraction of sp³-hybridized carbons (Fsp3) is 0.619. The van der Waals surface area contributed by atoms with E-state index in [4.69, 9.17) is 26.8 Å². The van der Waals surface area contributed by atoms with Gasteiger partial charge in [-0.2, -0.15) is 0 Å². The first-order chi connectivity index (χ1) is 13.4. The number of aryl methyl sites for hydroxylation is 1. The first-order valence-electron chi connectivity index (χ1n) is 9.98. The smallest absolute Gasteiger partial charge is 0.225 e. The lowest BCUT2D eigenvalue weighted by Crippen LogP contribution is -2.58. The zero-order chi connectivity index (χ0) is 20.1. The van der Waals surface area contributed by atoms with Crippen LogP contribution in [0.4, 0.5) is 0 Å². The van der Waals surface area contributed by atoms with Crippen molar-refractivity contribution in [3.05, 3.63) is 28.8 Å². The van der Waals surface area contributed by atoms with Gasteiger partial charge in [0.1, 0.15) is 18.0 Å². The van der Waals surface area contributed by atoms with Gasteiger partial charge in [0.05, 0.1) is 19.6 Å². The summed E-state index contributed by atoms with van der Waals surface area (Å²) >= 11 is 6.07. The van der Waals surface area contributed by atoms with Gasteiger partial charge < -0.3 is 20.1 Å². The Labute approximate surface area is 171 Å². The lowest BCUT2D eigenvalue weighted by molar-refractivity contribution is -0.165. The molecule has 0 unspecified atom stereocenters. The van der Waals surface area contributed by atoms with E-state index in [1.807, 2.05) is 17.9 Å². The van der Waals surface area contributed by atoms with E-state index in [0.717, 1.165) is 31.2 Å². The minimum absolute atomic E-state index is 0.00795. The Bertz CT molecular complexity index is 720. The van der Waals surface area contributed by atoms with Crippen LogP contribution < -0.4 is 10.5 Å². The molecule has 1 aliphatic carbocycles. The molecule has 2 N–H and O–H groups in total. The summed E-state index contributed by atoms with van der Waals surface area (Å²) in [6, 6.07) is 5.39. The molecule has 7 heteroatoms. The van der Waals surface area contributed by atoms with Crippen molar-refractivity contribution in [3.8, 4) is 5.75 Å². The first-order valence-corrected chi connectivity index (χ1v) is 10.4. The molecule has 1 saturated carbocycles. The lowest BCUT2D eigenvalue weighted by atomic mass is 9.87. The van der Waals surface area contributed by atoms with Crippen molar-refractivity contribution in [1.82, 2.24) is 4.90 Å². The fourth-order valence-electron chi connectivity index (χ4n) is 4.13. The van der Waals surface area contributed by atoms with E-state index >= 15 is 0 Å². The minimum Gasteiger partial charge on any atom is -0.490 e. The number of primary amides is 1. The second-order valence-corrected chi connectivity index (χ2v) is 8.38. The van der Waals surface area contributed by atoms with Crippen molar-refractivity contribution in [2.45, 2.75) is 51.0 Å². The summed E-state index contributed by atoms with van der Waals surface area (Å²) in [5.41, 5.74) is 5.47. The van der Waals surface area contributed by atoms with E-state index < -0.39 is 11.5 Å². The quantitative estimate of drug-likeness (QED) is 0.784. The third kappa shape index (κ3) is 5.17. The number of amides is 2. The Balaban J connectivity index is 1.71. The Kier molecular flexibility index (Phi) is 6.83. The Morgan fingerprint density at radius 2 is 2.07 bits per heavy atom. The van der Waals surface area contributed by atoms with Gasteiger partial charge in [-0.25, -0.2) is 0 Å². The van der Waals surface area contributed by atoms with E-state index in [-0.39, 0.29) is 24.9 Å². The van der Waals surface area contributed by atoms with Crippen LogP contribution in [0.3, 0.4) is 0 Å². The minimum atomic E-state index is -0.929. The van der Waals surface area contributed by atoms with Crippen LogP contribution in [0.5, 0.6) is 5.75 Å². The highest BCUT2D eigenvalue weighted by Gasteiger charge is 2.42. The number of carbonyl (C=O) groups excluding carboxylic acids is 2. The van der Waals surface area contributed by atoms with Crippen LogP contribution >= 0.6 is 11.6 Å². The predicted molar refractivity (Wildman–Crippen MR) is 107 cm³/mol. The Morgan fingerprint density at radius 3 is 2.75 bits per heavy atom. The molecule has 1 heterocycles. The van der Waals surface area contributed by atoms with Crippen LogP contribution in [0, 0.1) is 12.8 Å². The molecule has 2 fully saturated rings. The first kappa shape index (κ1) is 20.9. The molecule has 1 saturated heterocycles. The Hall–Kier alpha value is -1.79. The number of morpholine rings is 1. The maximum Gasteiger partial charge on any atom is 0.225 e. The maximum absolute atomic E-state index is 13.0. The average Bonchev–Trinajstić information content (AvgIpc) is 2.69. The van der Waals surface area contributed by atoms with Crippen LogP contribution in [0.15, 0.2) is 18.2 Å². The molecule has 154 valence electrons. The number of benzene rings is 1. The van der Waals surface area contributed by atoms with Gasteiger partial charge >= 0.3 is 0 Å². The molecular formula is C21H29ClN2O4. The largest absolute Gasteiger partial charge is 0.490 e. The average molecular weight is 409 g/mol. The zero-order valence-corrected chi connectivity index (χ0v) is 17.2. The third-order valence-electron chi connectivity index (χ3n) is 5.64. The summed E-state index contributed by atoms with van der Waals surface area (Å²) in [6.45, 7) is 3.27. The van der Waals surface area contributed by atoms with E-state index in [9.17, 15) is 9.59 Å². The topological polar surface area (TPSA) is 81.9 Å². The number of nitrogens with zero attached hydrogens (tertiary/aromatic N) is 1. The number of ether oxygens (including phenoxy) is 2. The highest BCUT2D eigenvalue weighted by atomic mass is 35.5. The number of halogens is 1. The second-order valence-electron chi connectivity index (χ2n) is 7.97. The van der Waals surface area contributed by atoms with E-state index in [0.29, 0.717) is 30.5 Å². The SMILES string of the molecule is Cc1cc(OC[C@@]2(CC(N)=O)CN(C(=O)C3CCCCC3)CCO2)ccc1Cl. The predicted octanol–water partition coefficient (Wildman–Crippen LogP) is 3.08. The molecule has 0 radical (unpaired) electrons. The van der Waals surface area contributed by atoms with Gasteiger partial charge in [-0.15, -0.1) is 0 Å². The molecule has 3 rings (SSSR count). The van der Waals surface area contributed by atoms with E-state index in [2.05, 4.69) is 0 Å². The van der Waals surface area contributed by atoms with Crippen molar-refractivity contribution in [1.29, 1.82) is 0 Å². The molecule has 0 aromatic heterocycles. The molecule has 1 aromatic carbocycles. The number of hydrogen-bond acceptors (Lipinski definition) is 4. The van der Waals surface area contributed by atoms with Gasteiger partial charge in [0.25, 0.3) is 0 Å². The van der Waals surface area contributed by atoms with Crippen molar-refractivity contribution < 1.29 is 19.1 Å². The van der Waals surface area contributed by atoms with Crippen LogP contribution in [-0.4, -0.2) is 48.6 Å². The van der Waals surface area contributed by atoms with Gasteiger partial charge in [-0.05, 0) is 43.5 Å². The van der Waals surface area contributed by atoms with Gasteiger partial charge in [0.15, 0.2) is 0 Å². The molecule has 2 aliphatic rings. The second kappa shape index (κ2) is 9.14.